The van der Waals surface area contributed by atoms with Crippen molar-refractivity contribution in [3.63, 3.8) is 0 Å². The second-order valence-electron chi connectivity index (χ2n) is 8.66. The average molecular weight is 455 g/mol. The number of anilines is 2. The Hall–Kier alpha value is -3.86. The molecule has 34 heavy (non-hydrogen) atoms. The third-order valence-corrected chi connectivity index (χ3v) is 6.05. The van der Waals surface area contributed by atoms with Crippen LogP contribution in [0.2, 0.25) is 0 Å². The second-order valence-corrected chi connectivity index (χ2v) is 8.66. The van der Waals surface area contributed by atoms with Crippen LogP contribution < -0.4 is 14.5 Å². The van der Waals surface area contributed by atoms with Crippen molar-refractivity contribution in [1.82, 2.24) is 0 Å². The fraction of sp³-hybridized carbons (Fsp3) is 0.241. The summed E-state index contributed by atoms with van der Waals surface area (Å²) in [7, 11) is 0. The van der Waals surface area contributed by atoms with Gasteiger partial charge in [0.2, 0.25) is 0 Å². The Morgan fingerprint density at radius 2 is 1.53 bits per heavy atom. The number of hydrogen-bond donors (Lipinski definition) is 0. The number of para-hydroxylation sites is 1. The first-order valence-corrected chi connectivity index (χ1v) is 11.6. The summed E-state index contributed by atoms with van der Waals surface area (Å²) in [6, 6.07) is 22.8. The minimum absolute atomic E-state index is 0.0452. The van der Waals surface area contributed by atoms with Crippen LogP contribution in [-0.4, -0.2) is 24.5 Å². The van der Waals surface area contributed by atoms with Crippen molar-refractivity contribution in [2.24, 2.45) is 0 Å². The van der Waals surface area contributed by atoms with Crippen LogP contribution in [0.3, 0.4) is 0 Å². The molecule has 1 aliphatic rings. The first kappa shape index (κ1) is 23.3. The molecule has 0 spiro atoms. The molecule has 0 atom stereocenters. The van der Waals surface area contributed by atoms with Gasteiger partial charge in [0.1, 0.15) is 11.4 Å². The zero-order valence-electron chi connectivity index (χ0n) is 20.3. The lowest BCUT2D eigenvalue weighted by Crippen LogP contribution is -2.35. The molecule has 0 aliphatic carbocycles. The summed E-state index contributed by atoms with van der Waals surface area (Å²) in [6.45, 7) is 10.4. The van der Waals surface area contributed by atoms with E-state index in [0.29, 0.717) is 29.1 Å². The Balaban J connectivity index is 1.88. The molecule has 0 saturated carbocycles. The summed E-state index contributed by atoms with van der Waals surface area (Å²) in [4.78, 5) is 31.1. The van der Waals surface area contributed by atoms with E-state index in [1.807, 2.05) is 112 Å². The number of aryl methyl sites for hydroxylation is 1. The van der Waals surface area contributed by atoms with Gasteiger partial charge in [-0.25, -0.2) is 4.90 Å². The third kappa shape index (κ3) is 4.21. The maximum absolute atomic E-state index is 13.9. The van der Waals surface area contributed by atoms with E-state index < -0.39 is 0 Å². The van der Waals surface area contributed by atoms with Crippen molar-refractivity contribution in [2.75, 3.05) is 16.3 Å². The fourth-order valence-corrected chi connectivity index (χ4v) is 4.28. The topological polar surface area (TPSA) is 49.9 Å². The summed E-state index contributed by atoms with van der Waals surface area (Å²) in [5.74, 6) is 0.0852. The van der Waals surface area contributed by atoms with Crippen LogP contribution in [0.15, 0.2) is 78.5 Å². The maximum Gasteiger partial charge on any atom is 0.282 e. The quantitative estimate of drug-likeness (QED) is 0.417. The number of imide groups is 1. The number of hydrogen-bond acceptors (Lipinski definition) is 4. The molecule has 174 valence electrons. The van der Waals surface area contributed by atoms with E-state index in [1.54, 1.807) is 0 Å². The number of benzene rings is 3. The summed E-state index contributed by atoms with van der Waals surface area (Å²) in [5, 5.41) is 0. The van der Waals surface area contributed by atoms with Crippen molar-refractivity contribution in [3.05, 3.63) is 95.2 Å². The number of rotatable bonds is 7. The predicted molar refractivity (Wildman–Crippen MR) is 137 cm³/mol. The number of carbonyl (C=O) groups excluding carboxylic acids is 2. The molecule has 1 aliphatic heterocycles. The van der Waals surface area contributed by atoms with Gasteiger partial charge in [0.05, 0.1) is 17.4 Å². The fourth-order valence-electron chi connectivity index (χ4n) is 4.28. The lowest BCUT2D eigenvalue weighted by molar-refractivity contribution is -0.120. The minimum Gasteiger partial charge on any atom is -0.491 e. The summed E-state index contributed by atoms with van der Waals surface area (Å²) < 4.78 is 5.78. The molecule has 5 heteroatoms. The molecular weight excluding hydrogens is 424 g/mol. The Morgan fingerprint density at radius 3 is 2.15 bits per heavy atom. The highest BCUT2D eigenvalue weighted by molar-refractivity contribution is 6.46. The van der Waals surface area contributed by atoms with Gasteiger partial charge in [-0.3, -0.25) is 9.59 Å². The van der Waals surface area contributed by atoms with E-state index in [-0.39, 0.29) is 17.9 Å². The highest BCUT2D eigenvalue weighted by Gasteiger charge is 2.43. The van der Waals surface area contributed by atoms with Crippen LogP contribution in [-0.2, 0) is 9.59 Å². The SMILES string of the molecule is CCN(C1=C(c2ccc(OC(C)C)cc2)C(=O)N(c2cccc(C)c2C)C1=O)c1ccccc1. The van der Waals surface area contributed by atoms with Crippen LogP contribution in [0, 0.1) is 13.8 Å². The normalized spacial score (nSPS) is 13.8. The average Bonchev–Trinajstić information content (AvgIpc) is 3.07. The van der Waals surface area contributed by atoms with Gasteiger partial charge in [0.15, 0.2) is 0 Å². The van der Waals surface area contributed by atoms with Gasteiger partial charge in [0.25, 0.3) is 11.8 Å². The molecule has 0 saturated heterocycles. The van der Waals surface area contributed by atoms with E-state index >= 15 is 0 Å². The number of carbonyl (C=O) groups is 2. The van der Waals surface area contributed by atoms with Gasteiger partial charge < -0.3 is 9.64 Å². The molecule has 0 fully saturated rings. The zero-order valence-corrected chi connectivity index (χ0v) is 20.3. The first-order valence-electron chi connectivity index (χ1n) is 11.6. The molecule has 5 nitrogen and oxygen atoms in total. The van der Waals surface area contributed by atoms with Crippen LogP contribution in [0.25, 0.3) is 5.57 Å². The van der Waals surface area contributed by atoms with Gasteiger partial charge in [-0.1, -0.05) is 42.5 Å². The van der Waals surface area contributed by atoms with E-state index in [9.17, 15) is 9.59 Å². The molecule has 0 radical (unpaired) electrons. The molecule has 0 aromatic heterocycles. The standard InChI is InChI=1S/C29H30N2O3/c1-6-30(23-12-8-7-9-13-23)27-26(22-15-17-24(18-16-22)34-19(2)3)28(32)31(29(27)33)25-14-10-11-20(4)21(25)5/h7-19H,6H2,1-5H3. The summed E-state index contributed by atoms with van der Waals surface area (Å²) in [5.41, 5.74) is 4.89. The molecule has 4 rings (SSSR count). The number of amides is 2. The van der Waals surface area contributed by atoms with E-state index in [0.717, 1.165) is 22.6 Å². The largest absolute Gasteiger partial charge is 0.491 e. The van der Waals surface area contributed by atoms with Crippen molar-refractivity contribution in [1.29, 1.82) is 0 Å². The monoisotopic (exact) mass is 454 g/mol. The van der Waals surface area contributed by atoms with Crippen molar-refractivity contribution in [2.45, 2.75) is 40.7 Å². The Labute approximate surface area is 201 Å². The Kier molecular flexibility index (Phi) is 6.55. The second kappa shape index (κ2) is 9.56. The summed E-state index contributed by atoms with van der Waals surface area (Å²) >= 11 is 0. The smallest absolute Gasteiger partial charge is 0.282 e. The molecule has 3 aromatic carbocycles. The molecule has 3 aromatic rings. The lowest BCUT2D eigenvalue weighted by atomic mass is 10.0. The first-order chi connectivity index (χ1) is 16.3. The van der Waals surface area contributed by atoms with Crippen LogP contribution in [0.1, 0.15) is 37.5 Å². The Morgan fingerprint density at radius 1 is 0.853 bits per heavy atom. The van der Waals surface area contributed by atoms with Gasteiger partial charge in [-0.15, -0.1) is 0 Å². The molecule has 1 heterocycles. The van der Waals surface area contributed by atoms with Crippen molar-refractivity contribution >= 4 is 28.8 Å². The number of nitrogens with zero attached hydrogens (tertiary/aromatic N) is 2. The van der Waals surface area contributed by atoms with E-state index in [2.05, 4.69) is 0 Å². The molecule has 0 bridgehead atoms. The minimum atomic E-state index is -0.319. The number of likely N-dealkylation sites (N-methyl/N-ethyl adjacent to an activating group) is 1. The Bertz CT molecular complexity index is 1240. The van der Waals surface area contributed by atoms with Crippen molar-refractivity contribution in [3.8, 4) is 5.75 Å². The van der Waals surface area contributed by atoms with Crippen molar-refractivity contribution < 1.29 is 14.3 Å². The molecule has 0 unspecified atom stereocenters. The number of ether oxygens (including phenoxy) is 1. The van der Waals surface area contributed by atoms with Crippen LogP contribution in [0.4, 0.5) is 11.4 Å². The van der Waals surface area contributed by atoms with E-state index in [1.165, 1.54) is 4.90 Å². The maximum atomic E-state index is 13.9. The highest BCUT2D eigenvalue weighted by atomic mass is 16.5. The van der Waals surface area contributed by atoms with Gasteiger partial charge in [-0.05, 0) is 81.6 Å². The predicted octanol–water partition coefficient (Wildman–Crippen LogP) is 5.90. The van der Waals surface area contributed by atoms with E-state index in [4.69, 9.17) is 4.74 Å². The van der Waals surface area contributed by atoms with Gasteiger partial charge in [0, 0.05) is 12.2 Å². The molecular formula is C29H30N2O3. The van der Waals surface area contributed by atoms with Gasteiger partial charge in [-0.2, -0.15) is 0 Å². The zero-order chi connectivity index (χ0) is 24.4. The highest BCUT2D eigenvalue weighted by Crippen LogP contribution is 2.38. The van der Waals surface area contributed by atoms with Crippen LogP contribution >= 0.6 is 0 Å². The lowest BCUT2D eigenvalue weighted by Gasteiger charge is -2.25. The third-order valence-electron chi connectivity index (χ3n) is 6.05. The molecule has 2 amide bonds. The summed E-state index contributed by atoms with van der Waals surface area (Å²) in [6.07, 6.45) is 0.0452. The van der Waals surface area contributed by atoms with Crippen LogP contribution in [0.5, 0.6) is 5.75 Å². The van der Waals surface area contributed by atoms with Gasteiger partial charge >= 0.3 is 0 Å². The molecule has 0 N–H and O–H groups in total.